The molecule has 4 rings (SSSR count). The second-order valence-corrected chi connectivity index (χ2v) is 9.31. The fourth-order valence-corrected chi connectivity index (χ4v) is 4.05. The van der Waals surface area contributed by atoms with E-state index in [1.165, 1.54) is 19.3 Å². The van der Waals surface area contributed by atoms with Crippen LogP contribution >= 0.6 is 11.3 Å². The Hall–Kier alpha value is -2.47. The highest BCUT2D eigenvalue weighted by Gasteiger charge is 2.19. The molecule has 0 radical (unpaired) electrons. The van der Waals surface area contributed by atoms with E-state index in [9.17, 15) is 4.79 Å². The van der Waals surface area contributed by atoms with Crippen LogP contribution in [-0.4, -0.2) is 28.1 Å². The number of benzene rings is 1. The van der Waals surface area contributed by atoms with Crippen LogP contribution in [0.4, 0.5) is 0 Å². The Labute approximate surface area is 188 Å². The molecule has 1 aliphatic carbocycles. The fourth-order valence-electron chi connectivity index (χ4n) is 3.35. The maximum Gasteiger partial charge on any atom is 0.308 e. The second kappa shape index (κ2) is 11.2. The van der Waals surface area contributed by atoms with Gasteiger partial charge >= 0.3 is 5.97 Å². The van der Waals surface area contributed by atoms with Crippen molar-refractivity contribution in [3.63, 3.8) is 0 Å². The quantitative estimate of drug-likeness (QED) is 0.415. The molecule has 1 aliphatic rings. The van der Waals surface area contributed by atoms with Gasteiger partial charge in [-0.25, -0.2) is 9.97 Å². The maximum atomic E-state index is 11.2. The summed E-state index contributed by atoms with van der Waals surface area (Å²) in [6, 6.07) is 11.9. The zero-order valence-electron chi connectivity index (χ0n) is 18.8. The minimum absolute atomic E-state index is 0.0203. The van der Waals surface area contributed by atoms with E-state index < -0.39 is 0 Å². The minimum Gasteiger partial charge on any atom is -0.473 e. The monoisotopic (exact) mass is 440 g/mol. The summed E-state index contributed by atoms with van der Waals surface area (Å²) in [5.41, 5.74) is 2.57. The number of hydrogen-bond donors (Lipinski definition) is 0. The smallest absolute Gasteiger partial charge is 0.308 e. The van der Waals surface area contributed by atoms with Crippen molar-refractivity contribution in [3.05, 3.63) is 41.8 Å². The van der Waals surface area contributed by atoms with Crippen LogP contribution in [0.3, 0.4) is 0 Å². The van der Waals surface area contributed by atoms with Crippen molar-refractivity contribution >= 4 is 28.3 Å². The molecule has 2 heterocycles. The number of nitrogens with zero attached hydrogens (tertiary/aromatic N) is 2. The van der Waals surface area contributed by atoms with Crippen LogP contribution < -0.4 is 4.74 Å². The van der Waals surface area contributed by atoms with Crippen molar-refractivity contribution in [1.82, 2.24) is 9.97 Å². The molecule has 2 aromatic heterocycles. The molecule has 5 nitrogen and oxygen atoms in total. The molecule has 166 valence electrons. The van der Waals surface area contributed by atoms with E-state index in [0.29, 0.717) is 5.88 Å². The number of fused-ring (bicyclic) bond motifs is 1. The predicted molar refractivity (Wildman–Crippen MR) is 126 cm³/mol. The molecule has 0 bridgehead atoms. The second-order valence-electron chi connectivity index (χ2n) is 8.36. The molecule has 1 fully saturated rings. The SMILES string of the molecule is CC(C)C(=O)OC1CCCCC1.CC(C)Oc1nc2ccccc2nc1-c1cccs1. The van der Waals surface area contributed by atoms with E-state index >= 15 is 0 Å². The lowest BCUT2D eigenvalue weighted by molar-refractivity contribution is -0.154. The van der Waals surface area contributed by atoms with Gasteiger partial charge in [0, 0.05) is 0 Å². The first-order valence-electron chi connectivity index (χ1n) is 11.1. The third-order valence-corrected chi connectivity index (χ3v) is 5.82. The molecular formula is C25H32N2O3S. The highest BCUT2D eigenvalue weighted by molar-refractivity contribution is 7.13. The van der Waals surface area contributed by atoms with Crippen molar-refractivity contribution < 1.29 is 14.3 Å². The van der Waals surface area contributed by atoms with Gasteiger partial charge in [-0.1, -0.05) is 38.5 Å². The number of ether oxygens (including phenoxy) is 2. The first-order valence-corrected chi connectivity index (χ1v) is 12.0. The van der Waals surface area contributed by atoms with Gasteiger partial charge < -0.3 is 9.47 Å². The topological polar surface area (TPSA) is 61.3 Å². The molecule has 0 spiro atoms. The minimum atomic E-state index is -0.0399. The van der Waals surface area contributed by atoms with Gasteiger partial charge in [-0.3, -0.25) is 4.79 Å². The van der Waals surface area contributed by atoms with Gasteiger partial charge in [-0.05, 0) is 63.1 Å². The Bertz CT molecular complexity index is 964. The average Bonchev–Trinajstić information content (AvgIpc) is 3.29. The van der Waals surface area contributed by atoms with E-state index in [4.69, 9.17) is 14.5 Å². The fraction of sp³-hybridized carbons (Fsp3) is 0.480. The lowest BCUT2D eigenvalue weighted by Gasteiger charge is -2.22. The van der Waals surface area contributed by atoms with E-state index in [-0.39, 0.29) is 24.1 Å². The van der Waals surface area contributed by atoms with Gasteiger partial charge in [0.15, 0.2) is 0 Å². The number of para-hydroxylation sites is 2. The first-order chi connectivity index (χ1) is 14.9. The molecule has 1 aromatic carbocycles. The summed E-state index contributed by atoms with van der Waals surface area (Å²) in [4.78, 5) is 21.6. The molecule has 1 saturated carbocycles. The third kappa shape index (κ3) is 6.76. The lowest BCUT2D eigenvalue weighted by atomic mass is 9.98. The molecule has 0 amide bonds. The van der Waals surface area contributed by atoms with Crippen molar-refractivity contribution in [1.29, 1.82) is 0 Å². The molecule has 31 heavy (non-hydrogen) atoms. The maximum absolute atomic E-state index is 11.2. The Morgan fingerprint density at radius 1 is 0.968 bits per heavy atom. The number of carbonyl (C=O) groups is 1. The molecule has 0 saturated heterocycles. The summed E-state index contributed by atoms with van der Waals surface area (Å²) in [7, 11) is 0. The van der Waals surface area contributed by atoms with Crippen LogP contribution in [0.25, 0.3) is 21.6 Å². The number of rotatable bonds is 5. The van der Waals surface area contributed by atoms with Crippen molar-refractivity contribution in [2.45, 2.75) is 72.0 Å². The Morgan fingerprint density at radius 3 is 2.23 bits per heavy atom. The number of hydrogen-bond acceptors (Lipinski definition) is 6. The van der Waals surface area contributed by atoms with E-state index in [0.717, 1.165) is 34.4 Å². The largest absolute Gasteiger partial charge is 0.473 e. The van der Waals surface area contributed by atoms with E-state index in [2.05, 4.69) is 4.98 Å². The summed E-state index contributed by atoms with van der Waals surface area (Å²) >= 11 is 1.64. The average molecular weight is 441 g/mol. The summed E-state index contributed by atoms with van der Waals surface area (Å²) < 4.78 is 11.1. The van der Waals surface area contributed by atoms with Crippen LogP contribution in [-0.2, 0) is 9.53 Å². The van der Waals surface area contributed by atoms with Crippen LogP contribution in [0.5, 0.6) is 5.88 Å². The molecule has 3 aromatic rings. The number of carbonyl (C=O) groups excluding carboxylic acids is 1. The third-order valence-electron chi connectivity index (χ3n) is 4.95. The summed E-state index contributed by atoms with van der Waals surface area (Å²) in [5, 5.41) is 2.03. The Balaban J connectivity index is 0.000000196. The van der Waals surface area contributed by atoms with E-state index in [1.54, 1.807) is 11.3 Å². The van der Waals surface area contributed by atoms with Gasteiger partial charge in [0.05, 0.1) is 27.9 Å². The predicted octanol–water partition coefficient (Wildman–Crippen LogP) is 6.66. The van der Waals surface area contributed by atoms with Gasteiger partial charge in [0.25, 0.3) is 0 Å². The zero-order valence-corrected chi connectivity index (χ0v) is 19.7. The van der Waals surface area contributed by atoms with Crippen LogP contribution in [0.1, 0.15) is 59.8 Å². The molecule has 6 heteroatoms. The van der Waals surface area contributed by atoms with Crippen molar-refractivity contribution in [3.8, 4) is 16.5 Å². The van der Waals surface area contributed by atoms with Gasteiger partial charge in [0.1, 0.15) is 11.8 Å². The Morgan fingerprint density at radius 2 is 1.65 bits per heavy atom. The van der Waals surface area contributed by atoms with Crippen molar-refractivity contribution in [2.75, 3.05) is 0 Å². The van der Waals surface area contributed by atoms with E-state index in [1.807, 2.05) is 69.5 Å². The number of esters is 1. The molecular weight excluding hydrogens is 408 g/mol. The zero-order chi connectivity index (χ0) is 22.2. The van der Waals surface area contributed by atoms with Crippen LogP contribution in [0, 0.1) is 5.92 Å². The van der Waals surface area contributed by atoms with Gasteiger partial charge in [-0.15, -0.1) is 11.3 Å². The summed E-state index contributed by atoms with van der Waals surface area (Å²) in [5.74, 6) is 0.588. The van der Waals surface area contributed by atoms with Crippen LogP contribution in [0.2, 0.25) is 0 Å². The lowest BCUT2D eigenvalue weighted by Crippen LogP contribution is -2.23. The highest BCUT2D eigenvalue weighted by Crippen LogP contribution is 2.32. The summed E-state index contributed by atoms with van der Waals surface area (Å²) in [6.45, 7) is 7.75. The summed E-state index contributed by atoms with van der Waals surface area (Å²) in [6.07, 6.45) is 6.17. The highest BCUT2D eigenvalue weighted by atomic mass is 32.1. The first kappa shape index (κ1) is 23.2. The normalized spacial score (nSPS) is 14.4. The number of aromatic nitrogens is 2. The number of thiophene rings is 1. The molecule has 0 aliphatic heterocycles. The standard InChI is InChI=1S/C15H14N2OS.C10H18O2/c1-10(2)18-15-14(13-8-5-9-19-13)16-11-6-3-4-7-12(11)17-15;1-8(2)10(11)12-9-6-4-3-5-7-9/h3-10H,1-2H3;8-9H,3-7H2,1-2H3. The molecule has 0 atom stereocenters. The molecule has 0 unspecified atom stereocenters. The Kier molecular flexibility index (Phi) is 8.41. The van der Waals surface area contributed by atoms with Crippen molar-refractivity contribution in [2.24, 2.45) is 5.92 Å². The molecule has 0 N–H and O–H groups in total. The van der Waals surface area contributed by atoms with Crippen LogP contribution in [0.15, 0.2) is 41.8 Å². The van der Waals surface area contributed by atoms with Gasteiger partial charge in [0.2, 0.25) is 5.88 Å². The van der Waals surface area contributed by atoms with Gasteiger partial charge in [-0.2, -0.15) is 0 Å².